The quantitative estimate of drug-likeness (QED) is 0.844. The number of morpholine rings is 1. The monoisotopic (exact) mass is 407 g/mol. The third-order valence-corrected chi connectivity index (χ3v) is 5.76. The third kappa shape index (κ3) is 3.96. The molecule has 156 valence electrons. The van der Waals surface area contributed by atoms with E-state index < -0.39 is 17.5 Å². The normalized spacial score (nSPS) is 20.1. The van der Waals surface area contributed by atoms with Gasteiger partial charge in [0.2, 0.25) is 0 Å². The van der Waals surface area contributed by atoms with Gasteiger partial charge in [-0.05, 0) is 62.1 Å². The number of phenolic OH excluding ortho intramolecular Hbond substituents is 1. The molecule has 0 radical (unpaired) electrons. The summed E-state index contributed by atoms with van der Waals surface area (Å²) in [6, 6.07) is 1.82. The van der Waals surface area contributed by atoms with Crippen molar-refractivity contribution in [3.8, 4) is 17.0 Å². The van der Waals surface area contributed by atoms with E-state index in [1.165, 1.54) is 0 Å². The van der Waals surface area contributed by atoms with E-state index in [1.54, 1.807) is 6.92 Å². The van der Waals surface area contributed by atoms with Crippen LogP contribution >= 0.6 is 0 Å². The lowest BCUT2D eigenvalue weighted by atomic mass is 9.95. The van der Waals surface area contributed by atoms with Gasteiger partial charge in [-0.25, -0.2) is 0 Å². The van der Waals surface area contributed by atoms with Crippen molar-refractivity contribution >= 4 is 0 Å². The van der Waals surface area contributed by atoms with Crippen molar-refractivity contribution in [3.05, 3.63) is 40.1 Å². The molecule has 4 rings (SSSR count). The lowest BCUT2D eigenvalue weighted by Gasteiger charge is -2.30. The molecular weight excluding hydrogens is 383 g/mol. The highest BCUT2D eigenvalue weighted by molar-refractivity contribution is 5.75. The number of alkyl halides is 3. The van der Waals surface area contributed by atoms with Crippen LogP contribution in [-0.4, -0.2) is 53.1 Å². The van der Waals surface area contributed by atoms with Gasteiger partial charge in [0.15, 0.2) is 0 Å². The number of ether oxygens (including phenoxy) is 1. The molecule has 2 aromatic rings. The Morgan fingerprint density at radius 3 is 2.66 bits per heavy atom. The van der Waals surface area contributed by atoms with Crippen molar-refractivity contribution in [2.24, 2.45) is 0 Å². The number of aromatic nitrogens is 2. The molecule has 0 bridgehead atoms. The van der Waals surface area contributed by atoms with E-state index in [-0.39, 0.29) is 6.10 Å². The largest absolute Gasteiger partial charge is 0.507 e. The van der Waals surface area contributed by atoms with E-state index in [9.17, 15) is 18.3 Å². The van der Waals surface area contributed by atoms with Gasteiger partial charge in [-0.2, -0.15) is 18.3 Å². The summed E-state index contributed by atoms with van der Waals surface area (Å²) < 4.78 is 45.0. The van der Waals surface area contributed by atoms with Crippen LogP contribution in [-0.2, 0) is 30.2 Å². The SMILES string of the molecule is Cc1cc(C(F)(F)F)cc(O)c1-c1nnc(C[C@@H]2CN(C)CCO2)c2c1CCC2. The first-order valence-electron chi connectivity index (χ1n) is 9.82. The van der Waals surface area contributed by atoms with E-state index in [0.29, 0.717) is 29.8 Å². The Morgan fingerprint density at radius 1 is 1.21 bits per heavy atom. The molecule has 1 fully saturated rings. The number of hydrogen-bond acceptors (Lipinski definition) is 5. The first-order valence-corrected chi connectivity index (χ1v) is 9.82. The Hall–Kier alpha value is -2.19. The third-order valence-electron chi connectivity index (χ3n) is 5.76. The van der Waals surface area contributed by atoms with Gasteiger partial charge in [0, 0.05) is 25.1 Å². The van der Waals surface area contributed by atoms with Crippen LogP contribution in [0.15, 0.2) is 12.1 Å². The van der Waals surface area contributed by atoms with Crippen LogP contribution in [0.5, 0.6) is 5.75 Å². The van der Waals surface area contributed by atoms with E-state index in [4.69, 9.17) is 4.74 Å². The summed E-state index contributed by atoms with van der Waals surface area (Å²) in [5.74, 6) is -0.411. The molecule has 1 atom stereocenters. The molecule has 1 aromatic heterocycles. The van der Waals surface area contributed by atoms with Crippen molar-refractivity contribution < 1.29 is 23.0 Å². The van der Waals surface area contributed by atoms with Crippen LogP contribution in [0.1, 0.15) is 34.4 Å². The molecule has 1 saturated heterocycles. The second-order valence-corrected chi connectivity index (χ2v) is 7.95. The predicted octanol–water partition coefficient (Wildman–Crippen LogP) is 3.54. The standard InChI is InChI=1S/C21H24F3N3O2/c1-12-8-13(21(22,23)24)9-18(28)19(12)20-16-5-3-4-15(16)17(25-26-20)10-14-11-27(2)6-7-29-14/h8-9,14,28H,3-7,10-11H2,1-2H3/t14-/m1/s1. The molecular formula is C21H24F3N3O2. The maximum Gasteiger partial charge on any atom is 0.416 e. The second kappa shape index (κ2) is 7.57. The minimum Gasteiger partial charge on any atom is -0.507 e. The fraction of sp³-hybridized carbons (Fsp3) is 0.524. The molecule has 0 amide bonds. The molecule has 2 heterocycles. The minimum absolute atomic E-state index is 0.0554. The van der Waals surface area contributed by atoms with Gasteiger partial charge in [-0.3, -0.25) is 0 Å². The van der Waals surface area contributed by atoms with Crippen LogP contribution in [0, 0.1) is 6.92 Å². The maximum atomic E-state index is 13.1. The number of likely N-dealkylation sites (N-methyl/N-ethyl adjacent to an activating group) is 1. The molecule has 1 aliphatic carbocycles. The van der Waals surface area contributed by atoms with Crippen LogP contribution in [0.3, 0.4) is 0 Å². The molecule has 0 unspecified atom stereocenters. The average Bonchev–Trinajstić information content (AvgIpc) is 3.12. The van der Waals surface area contributed by atoms with Gasteiger partial charge in [0.05, 0.1) is 24.0 Å². The molecule has 1 aliphatic heterocycles. The smallest absolute Gasteiger partial charge is 0.416 e. The van der Waals surface area contributed by atoms with Crippen molar-refractivity contribution in [3.63, 3.8) is 0 Å². The van der Waals surface area contributed by atoms with Gasteiger partial charge in [0.25, 0.3) is 0 Å². The fourth-order valence-corrected chi connectivity index (χ4v) is 4.37. The first-order chi connectivity index (χ1) is 13.7. The van der Waals surface area contributed by atoms with Crippen molar-refractivity contribution in [1.82, 2.24) is 15.1 Å². The summed E-state index contributed by atoms with van der Waals surface area (Å²) in [7, 11) is 2.06. The number of halogens is 3. The lowest BCUT2D eigenvalue weighted by molar-refractivity contribution is -0.137. The summed E-state index contributed by atoms with van der Waals surface area (Å²) in [6.45, 7) is 3.99. The summed E-state index contributed by atoms with van der Waals surface area (Å²) >= 11 is 0. The predicted molar refractivity (Wildman–Crippen MR) is 102 cm³/mol. The molecule has 29 heavy (non-hydrogen) atoms. The average molecular weight is 407 g/mol. The zero-order chi connectivity index (χ0) is 20.8. The number of hydrogen-bond donors (Lipinski definition) is 1. The first kappa shape index (κ1) is 20.1. The number of benzene rings is 1. The van der Waals surface area contributed by atoms with E-state index in [0.717, 1.165) is 61.3 Å². The van der Waals surface area contributed by atoms with Crippen molar-refractivity contribution in [2.75, 3.05) is 26.7 Å². The lowest BCUT2D eigenvalue weighted by Crippen LogP contribution is -2.41. The molecule has 0 saturated carbocycles. The van der Waals surface area contributed by atoms with Crippen LogP contribution in [0.4, 0.5) is 13.2 Å². The van der Waals surface area contributed by atoms with Crippen LogP contribution < -0.4 is 0 Å². The summed E-state index contributed by atoms with van der Waals surface area (Å²) in [5.41, 5.74) is 3.28. The molecule has 8 heteroatoms. The number of phenols is 1. The zero-order valence-electron chi connectivity index (χ0n) is 16.5. The van der Waals surface area contributed by atoms with Crippen LogP contribution in [0.2, 0.25) is 0 Å². The van der Waals surface area contributed by atoms with E-state index in [2.05, 4.69) is 22.1 Å². The number of aryl methyl sites for hydroxylation is 1. The Balaban J connectivity index is 1.71. The molecule has 2 aliphatic rings. The summed E-state index contributed by atoms with van der Waals surface area (Å²) in [6.07, 6.45) is -1.22. The fourth-order valence-electron chi connectivity index (χ4n) is 4.37. The van der Waals surface area contributed by atoms with Gasteiger partial charge in [-0.1, -0.05) is 0 Å². The molecule has 1 N–H and O–H groups in total. The molecule has 0 spiro atoms. The highest BCUT2D eigenvalue weighted by atomic mass is 19.4. The van der Waals surface area contributed by atoms with Crippen molar-refractivity contribution in [1.29, 1.82) is 0 Å². The highest BCUT2D eigenvalue weighted by Gasteiger charge is 2.33. The number of fused-ring (bicyclic) bond motifs is 1. The number of rotatable bonds is 3. The maximum absolute atomic E-state index is 13.1. The van der Waals surface area contributed by atoms with Gasteiger partial charge in [0.1, 0.15) is 11.4 Å². The van der Waals surface area contributed by atoms with Crippen LogP contribution in [0.25, 0.3) is 11.3 Å². The Labute approximate surface area is 167 Å². The highest BCUT2D eigenvalue weighted by Crippen LogP contribution is 2.41. The van der Waals surface area contributed by atoms with Gasteiger partial charge >= 0.3 is 6.18 Å². The Kier molecular flexibility index (Phi) is 5.25. The van der Waals surface area contributed by atoms with Gasteiger partial charge in [-0.15, -0.1) is 5.10 Å². The van der Waals surface area contributed by atoms with E-state index >= 15 is 0 Å². The molecule has 1 aromatic carbocycles. The molecule has 5 nitrogen and oxygen atoms in total. The zero-order valence-corrected chi connectivity index (χ0v) is 16.5. The Morgan fingerprint density at radius 2 is 1.97 bits per heavy atom. The topological polar surface area (TPSA) is 58.5 Å². The number of aromatic hydroxyl groups is 1. The summed E-state index contributed by atoms with van der Waals surface area (Å²) in [5, 5.41) is 19.2. The number of nitrogens with zero attached hydrogens (tertiary/aromatic N) is 3. The van der Waals surface area contributed by atoms with Gasteiger partial charge < -0.3 is 14.7 Å². The summed E-state index contributed by atoms with van der Waals surface area (Å²) in [4.78, 5) is 2.22. The van der Waals surface area contributed by atoms with Crippen molar-refractivity contribution in [2.45, 2.75) is 44.9 Å². The second-order valence-electron chi connectivity index (χ2n) is 7.95. The minimum atomic E-state index is -4.51. The Bertz CT molecular complexity index is 907. The van der Waals surface area contributed by atoms with E-state index in [1.807, 2.05) is 0 Å².